The number of anilines is 3. The number of nitrogens with one attached hydrogen (secondary N) is 2. The van der Waals surface area contributed by atoms with Gasteiger partial charge in [0.2, 0.25) is 0 Å². The highest BCUT2D eigenvalue weighted by molar-refractivity contribution is 6.05. The molecule has 36 heavy (non-hydrogen) atoms. The van der Waals surface area contributed by atoms with E-state index in [2.05, 4.69) is 25.5 Å². The Morgan fingerprint density at radius 3 is 2.78 bits per heavy atom. The second kappa shape index (κ2) is 9.55. The van der Waals surface area contributed by atoms with Crippen molar-refractivity contribution in [2.24, 2.45) is 0 Å². The summed E-state index contributed by atoms with van der Waals surface area (Å²) in [5.41, 5.74) is 1.13. The summed E-state index contributed by atoms with van der Waals surface area (Å²) in [5, 5.41) is 5.72. The van der Waals surface area contributed by atoms with Crippen LogP contribution in [0.2, 0.25) is 0 Å². The Labute approximate surface area is 210 Å². The van der Waals surface area contributed by atoms with Gasteiger partial charge >= 0.3 is 6.03 Å². The average Bonchev–Trinajstić information content (AvgIpc) is 3.41. The Kier molecular flexibility index (Phi) is 6.44. The molecule has 2 atom stereocenters. The number of aromatic nitrogens is 2. The highest BCUT2D eigenvalue weighted by Crippen LogP contribution is 2.39. The molecule has 2 saturated heterocycles. The Bertz CT molecular complexity index is 1140. The fraction of sp³-hybridized carbons (Fsp3) is 0.520. The molecule has 2 bridgehead atoms. The number of ether oxygens (including phenoxy) is 3. The molecular weight excluding hydrogens is 464 g/mol. The van der Waals surface area contributed by atoms with Crippen molar-refractivity contribution < 1.29 is 23.8 Å². The summed E-state index contributed by atoms with van der Waals surface area (Å²) < 4.78 is 17.1. The minimum Gasteiger partial charge on any atom is -0.489 e. The summed E-state index contributed by atoms with van der Waals surface area (Å²) in [7, 11) is 0. The molecule has 3 aliphatic heterocycles. The number of urea groups is 1. The SMILES string of the molecule is CC(C)NC(=O)c1ccc2c(n1)N(C(=O)Nc1ccc(OC[C@@H]3COC(C)(C)O3)cn1)[C@H]1CCN2C1. The summed E-state index contributed by atoms with van der Waals surface area (Å²) in [4.78, 5) is 38.7. The first-order valence-corrected chi connectivity index (χ1v) is 12.3. The molecule has 2 aromatic rings. The third kappa shape index (κ3) is 5.07. The van der Waals surface area contributed by atoms with Crippen LogP contribution in [-0.4, -0.2) is 72.2 Å². The first-order chi connectivity index (χ1) is 17.2. The van der Waals surface area contributed by atoms with Gasteiger partial charge in [0.1, 0.15) is 30.0 Å². The fourth-order valence-electron chi connectivity index (χ4n) is 4.68. The maximum atomic E-state index is 13.4. The second-order valence-corrected chi connectivity index (χ2v) is 10.00. The summed E-state index contributed by atoms with van der Waals surface area (Å²) >= 11 is 0. The third-order valence-corrected chi connectivity index (χ3v) is 6.30. The van der Waals surface area contributed by atoms with Gasteiger partial charge in [-0.3, -0.25) is 15.0 Å². The lowest BCUT2D eigenvalue weighted by atomic mass is 10.1. The summed E-state index contributed by atoms with van der Waals surface area (Å²) in [6.07, 6.45) is 2.23. The van der Waals surface area contributed by atoms with Gasteiger partial charge in [-0.05, 0) is 58.4 Å². The van der Waals surface area contributed by atoms with Crippen molar-refractivity contribution in [3.63, 3.8) is 0 Å². The molecular formula is C25H32N6O5. The molecule has 0 aliphatic carbocycles. The molecule has 2 N–H and O–H groups in total. The van der Waals surface area contributed by atoms with Gasteiger partial charge in [0.25, 0.3) is 5.91 Å². The molecule has 0 unspecified atom stereocenters. The van der Waals surface area contributed by atoms with E-state index >= 15 is 0 Å². The number of rotatable bonds is 6. The largest absolute Gasteiger partial charge is 0.489 e. The molecule has 0 radical (unpaired) electrons. The van der Waals surface area contributed by atoms with Crippen molar-refractivity contribution in [2.45, 2.75) is 58.1 Å². The zero-order chi connectivity index (χ0) is 25.4. The highest BCUT2D eigenvalue weighted by Gasteiger charge is 2.40. The van der Waals surface area contributed by atoms with Crippen LogP contribution in [0, 0.1) is 0 Å². The minimum absolute atomic E-state index is 0.0152. The highest BCUT2D eigenvalue weighted by atomic mass is 16.7. The van der Waals surface area contributed by atoms with Gasteiger partial charge in [0, 0.05) is 19.1 Å². The first-order valence-electron chi connectivity index (χ1n) is 12.3. The Hall–Kier alpha value is -3.44. The van der Waals surface area contributed by atoms with Gasteiger partial charge in [-0.25, -0.2) is 14.8 Å². The normalized spacial score (nSPS) is 21.9. The van der Waals surface area contributed by atoms with Gasteiger partial charge in [-0.1, -0.05) is 0 Å². The molecule has 3 aliphatic rings. The van der Waals surface area contributed by atoms with Crippen LogP contribution in [0.5, 0.6) is 5.75 Å². The van der Waals surface area contributed by atoms with Crippen LogP contribution in [0.15, 0.2) is 30.5 Å². The molecule has 11 heteroatoms. The smallest absolute Gasteiger partial charge is 0.329 e. The van der Waals surface area contributed by atoms with Crippen LogP contribution in [0.3, 0.4) is 0 Å². The van der Waals surface area contributed by atoms with E-state index < -0.39 is 5.79 Å². The number of fused-ring (bicyclic) bond motifs is 4. The van der Waals surface area contributed by atoms with Gasteiger partial charge in [0.15, 0.2) is 11.6 Å². The molecule has 2 aromatic heterocycles. The number of amides is 3. The lowest BCUT2D eigenvalue weighted by Gasteiger charge is -2.35. The van der Waals surface area contributed by atoms with Crippen molar-refractivity contribution in [3.05, 3.63) is 36.2 Å². The van der Waals surface area contributed by atoms with Crippen molar-refractivity contribution in [1.82, 2.24) is 15.3 Å². The molecule has 2 fully saturated rings. The van der Waals surface area contributed by atoms with Crippen LogP contribution in [0.1, 0.15) is 44.6 Å². The molecule has 11 nitrogen and oxygen atoms in total. The van der Waals surface area contributed by atoms with Crippen molar-refractivity contribution >= 4 is 29.3 Å². The molecule has 192 valence electrons. The number of pyridine rings is 2. The lowest BCUT2D eigenvalue weighted by Crippen LogP contribution is -2.48. The molecule has 0 spiro atoms. The van der Waals surface area contributed by atoms with Crippen LogP contribution in [0.25, 0.3) is 0 Å². The van der Waals surface area contributed by atoms with E-state index in [1.54, 1.807) is 29.3 Å². The number of nitrogens with zero attached hydrogens (tertiary/aromatic N) is 4. The van der Waals surface area contributed by atoms with E-state index in [9.17, 15) is 9.59 Å². The van der Waals surface area contributed by atoms with Crippen LogP contribution in [-0.2, 0) is 9.47 Å². The van der Waals surface area contributed by atoms with E-state index in [1.807, 2.05) is 33.8 Å². The molecule has 0 aromatic carbocycles. The number of hydrogen-bond acceptors (Lipinski definition) is 8. The molecule has 0 saturated carbocycles. The topological polar surface area (TPSA) is 118 Å². The standard InChI is InChI=1S/C25H32N6O5/c1-15(2)27-23(32)19-6-7-20-22(28-19)31(16-9-10-30(20)12-16)24(33)29-21-8-5-17(11-26-21)34-13-18-14-35-25(3,4)36-18/h5-8,11,15-16,18H,9-10,12-14H2,1-4H3,(H,27,32)(H,26,29,33)/t16-,18+/m0/s1. The second-order valence-electron chi connectivity index (χ2n) is 10.00. The average molecular weight is 497 g/mol. The van der Waals surface area contributed by atoms with Gasteiger partial charge in [-0.15, -0.1) is 0 Å². The molecule has 3 amide bonds. The fourth-order valence-corrected chi connectivity index (χ4v) is 4.68. The monoisotopic (exact) mass is 496 g/mol. The predicted molar refractivity (Wildman–Crippen MR) is 134 cm³/mol. The van der Waals surface area contributed by atoms with Crippen LogP contribution < -0.4 is 25.2 Å². The van der Waals surface area contributed by atoms with Gasteiger partial charge in [0.05, 0.1) is 24.5 Å². The van der Waals surface area contributed by atoms with Crippen LogP contribution >= 0.6 is 0 Å². The maximum absolute atomic E-state index is 13.4. The van der Waals surface area contributed by atoms with Crippen molar-refractivity contribution in [1.29, 1.82) is 0 Å². The van der Waals surface area contributed by atoms with E-state index in [0.29, 0.717) is 30.6 Å². The maximum Gasteiger partial charge on any atom is 0.329 e. The predicted octanol–water partition coefficient (Wildman–Crippen LogP) is 2.78. The zero-order valence-electron chi connectivity index (χ0n) is 21.0. The Balaban J connectivity index is 1.27. The summed E-state index contributed by atoms with van der Waals surface area (Å²) in [6.45, 7) is 9.89. The number of hydrogen-bond donors (Lipinski definition) is 2. The number of carbonyl (C=O) groups excluding carboxylic acids is 2. The van der Waals surface area contributed by atoms with E-state index in [0.717, 1.165) is 25.2 Å². The van der Waals surface area contributed by atoms with E-state index in [4.69, 9.17) is 14.2 Å². The minimum atomic E-state index is -0.600. The third-order valence-electron chi connectivity index (χ3n) is 6.30. The summed E-state index contributed by atoms with van der Waals surface area (Å²) in [6, 6.07) is 6.62. The molecule has 5 rings (SSSR count). The van der Waals surface area contributed by atoms with E-state index in [-0.39, 0.29) is 35.8 Å². The van der Waals surface area contributed by atoms with Crippen molar-refractivity contribution in [3.8, 4) is 5.75 Å². The van der Waals surface area contributed by atoms with Crippen molar-refractivity contribution in [2.75, 3.05) is 41.4 Å². The van der Waals surface area contributed by atoms with E-state index in [1.165, 1.54) is 0 Å². The molecule has 5 heterocycles. The van der Waals surface area contributed by atoms with Gasteiger partial charge < -0.3 is 24.4 Å². The summed E-state index contributed by atoms with van der Waals surface area (Å²) in [5.74, 6) is 0.580. The zero-order valence-corrected chi connectivity index (χ0v) is 21.0. The quantitative estimate of drug-likeness (QED) is 0.627. The van der Waals surface area contributed by atoms with Gasteiger partial charge in [-0.2, -0.15) is 0 Å². The Morgan fingerprint density at radius 2 is 2.08 bits per heavy atom. The first kappa shape index (κ1) is 24.3. The lowest BCUT2D eigenvalue weighted by molar-refractivity contribution is -0.141. The Morgan fingerprint density at radius 1 is 1.25 bits per heavy atom. The number of carbonyl (C=O) groups is 2. The van der Waals surface area contributed by atoms with Crippen LogP contribution in [0.4, 0.5) is 22.1 Å².